The quantitative estimate of drug-likeness (QED) is 0.800. The van der Waals surface area contributed by atoms with E-state index < -0.39 is 26.6 Å². The van der Waals surface area contributed by atoms with Gasteiger partial charge in [-0.15, -0.1) is 0 Å². The van der Waals surface area contributed by atoms with Gasteiger partial charge in [0.2, 0.25) is 10.0 Å². The summed E-state index contributed by atoms with van der Waals surface area (Å²) in [5, 5.41) is 6.66. The highest BCUT2D eigenvalue weighted by atomic mass is 32.2. The number of benzene rings is 1. The number of hydrogen-bond donors (Lipinski definition) is 2. The van der Waals surface area contributed by atoms with Crippen molar-refractivity contribution in [1.29, 1.82) is 0 Å². The van der Waals surface area contributed by atoms with Crippen LogP contribution in [0.4, 0.5) is 8.78 Å². The number of nitrogens with one attached hydrogen (secondary N) is 2. The fraction of sp³-hybridized carbons (Fsp3) is 0.308. The number of rotatable bonds is 6. The van der Waals surface area contributed by atoms with Gasteiger partial charge in [0.05, 0.1) is 11.1 Å². The number of aryl methyl sites for hydroxylation is 2. The van der Waals surface area contributed by atoms with Gasteiger partial charge in [0.25, 0.3) is 0 Å². The highest BCUT2D eigenvalue weighted by Crippen LogP contribution is 2.13. The fourth-order valence-corrected chi connectivity index (χ4v) is 3.00. The smallest absolute Gasteiger partial charge is 0.240 e. The van der Waals surface area contributed by atoms with Gasteiger partial charge in [-0.25, -0.2) is 21.9 Å². The lowest BCUT2D eigenvalue weighted by atomic mass is 10.1. The lowest BCUT2D eigenvalue weighted by molar-refractivity contribution is 0.560. The second-order valence-electron chi connectivity index (χ2n) is 4.63. The topological polar surface area (TPSA) is 74.8 Å². The highest BCUT2D eigenvalue weighted by Gasteiger charge is 2.15. The van der Waals surface area contributed by atoms with Gasteiger partial charge in [-0.05, 0) is 37.5 Å². The Morgan fingerprint density at radius 1 is 1.24 bits per heavy atom. The number of H-pyrrole nitrogens is 1. The molecule has 0 aliphatic heterocycles. The largest absolute Gasteiger partial charge is 0.283 e. The second kappa shape index (κ2) is 6.31. The lowest BCUT2D eigenvalue weighted by Gasteiger charge is -2.07. The normalized spacial score (nSPS) is 11.8. The first-order valence-electron chi connectivity index (χ1n) is 6.33. The molecule has 0 bridgehead atoms. The van der Waals surface area contributed by atoms with Crippen LogP contribution in [0.25, 0.3) is 0 Å². The highest BCUT2D eigenvalue weighted by molar-refractivity contribution is 7.89. The van der Waals surface area contributed by atoms with Crippen molar-refractivity contribution in [2.45, 2.75) is 24.7 Å². The molecule has 21 heavy (non-hydrogen) atoms. The molecule has 0 saturated heterocycles. The Labute approximate surface area is 121 Å². The van der Waals surface area contributed by atoms with E-state index in [-0.39, 0.29) is 6.54 Å². The van der Waals surface area contributed by atoms with Crippen LogP contribution in [0.15, 0.2) is 29.3 Å². The van der Waals surface area contributed by atoms with Crippen LogP contribution < -0.4 is 4.72 Å². The summed E-state index contributed by atoms with van der Waals surface area (Å²) in [6, 6.07) is 2.19. The number of sulfonamides is 1. The number of aromatic nitrogens is 2. The van der Waals surface area contributed by atoms with E-state index in [1.165, 1.54) is 0 Å². The summed E-state index contributed by atoms with van der Waals surface area (Å²) in [6.45, 7) is 2.05. The van der Waals surface area contributed by atoms with Crippen molar-refractivity contribution in [2.75, 3.05) is 6.54 Å². The molecule has 0 fully saturated rings. The van der Waals surface area contributed by atoms with Crippen LogP contribution in [0.2, 0.25) is 0 Å². The van der Waals surface area contributed by atoms with E-state index >= 15 is 0 Å². The van der Waals surface area contributed by atoms with Crippen molar-refractivity contribution < 1.29 is 17.2 Å². The molecule has 0 spiro atoms. The number of hydrogen-bond acceptors (Lipinski definition) is 3. The van der Waals surface area contributed by atoms with Gasteiger partial charge >= 0.3 is 0 Å². The maximum absolute atomic E-state index is 13.0. The van der Waals surface area contributed by atoms with Crippen molar-refractivity contribution in [3.63, 3.8) is 0 Å². The van der Waals surface area contributed by atoms with Gasteiger partial charge in [0.1, 0.15) is 11.6 Å². The number of nitrogens with zero attached hydrogens (tertiary/aromatic N) is 1. The molecular weight excluding hydrogens is 300 g/mol. The molecule has 1 aromatic carbocycles. The lowest BCUT2D eigenvalue weighted by Crippen LogP contribution is -2.25. The van der Waals surface area contributed by atoms with E-state index in [0.717, 1.165) is 23.4 Å². The zero-order chi connectivity index (χ0) is 15.5. The van der Waals surface area contributed by atoms with Gasteiger partial charge in [0.15, 0.2) is 0 Å². The molecule has 0 atom stereocenters. The van der Waals surface area contributed by atoms with E-state index in [1.807, 2.05) is 6.92 Å². The standard InChI is InChI=1S/C13H15F2N3O2S/c1-9-10(8-16-18-9)3-2-4-17-21(19,20)13-6-11(14)5-12(15)7-13/h5-8,17H,2-4H2,1H3,(H,16,18). The Morgan fingerprint density at radius 2 is 1.90 bits per heavy atom. The third-order valence-electron chi connectivity index (χ3n) is 3.00. The monoisotopic (exact) mass is 315 g/mol. The maximum Gasteiger partial charge on any atom is 0.240 e. The maximum atomic E-state index is 13.0. The molecule has 8 heteroatoms. The Hall–Kier alpha value is -1.80. The molecule has 2 aromatic rings. The number of halogens is 2. The first-order chi connectivity index (χ1) is 9.88. The molecule has 1 aromatic heterocycles. The molecule has 2 rings (SSSR count). The molecule has 0 radical (unpaired) electrons. The minimum Gasteiger partial charge on any atom is -0.283 e. The molecule has 0 aliphatic carbocycles. The van der Waals surface area contributed by atoms with Crippen molar-refractivity contribution in [2.24, 2.45) is 0 Å². The molecule has 0 aliphatic rings. The van der Waals surface area contributed by atoms with Crippen LogP contribution in [0.5, 0.6) is 0 Å². The molecule has 1 heterocycles. The van der Waals surface area contributed by atoms with Crippen molar-refractivity contribution in [1.82, 2.24) is 14.9 Å². The van der Waals surface area contributed by atoms with Crippen LogP contribution in [-0.4, -0.2) is 25.2 Å². The summed E-state index contributed by atoms with van der Waals surface area (Å²) in [7, 11) is -3.91. The predicted molar refractivity (Wildman–Crippen MR) is 73.2 cm³/mol. The Balaban J connectivity index is 1.94. The average molecular weight is 315 g/mol. The van der Waals surface area contributed by atoms with Gasteiger partial charge in [-0.1, -0.05) is 0 Å². The van der Waals surface area contributed by atoms with Crippen LogP contribution in [0, 0.1) is 18.6 Å². The van der Waals surface area contributed by atoms with E-state index in [4.69, 9.17) is 0 Å². The average Bonchev–Trinajstić information content (AvgIpc) is 2.79. The summed E-state index contributed by atoms with van der Waals surface area (Å²) in [5.74, 6) is -1.85. The SMILES string of the molecule is Cc1[nH]ncc1CCCNS(=O)(=O)c1cc(F)cc(F)c1. The second-order valence-corrected chi connectivity index (χ2v) is 6.39. The minimum absolute atomic E-state index is 0.172. The zero-order valence-electron chi connectivity index (χ0n) is 11.4. The van der Waals surface area contributed by atoms with Crippen LogP contribution >= 0.6 is 0 Å². The molecule has 2 N–H and O–H groups in total. The van der Waals surface area contributed by atoms with Crippen molar-refractivity contribution in [3.8, 4) is 0 Å². The fourth-order valence-electron chi connectivity index (χ4n) is 1.88. The summed E-state index contributed by atoms with van der Waals surface area (Å²) in [5.41, 5.74) is 1.94. The molecule has 0 amide bonds. The molecule has 5 nitrogen and oxygen atoms in total. The van der Waals surface area contributed by atoms with Gasteiger partial charge in [-0.2, -0.15) is 5.10 Å². The van der Waals surface area contributed by atoms with E-state index in [2.05, 4.69) is 14.9 Å². The third kappa shape index (κ3) is 4.08. The summed E-state index contributed by atoms with van der Waals surface area (Å²) < 4.78 is 52.2. The van der Waals surface area contributed by atoms with Crippen LogP contribution in [-0.2, 0) is 16.4 Å². The first-order valence-corrected chi connectivity index (χ1v) is 7.81. The van der Waals surface area contributed by atoms with Crippen molar-refractivity contribution >= 4 is 10.0 Å². The summed E-state index contributed by atoms with van der Waals surface area (Å²) >= 11 is 0. The molecular formula is C13H15F2N3O2S. The van der Waals surface area contributed by atoms with Crippen molar-refractivity contribution in [3.05, 3.63) is 47.3 Å². The molecule has 114 valence electrons. The Kier molecular flexibility index (Phi) is 4.69. The Bertz CT molecular complexity index is 709. The van der Waals surface area contributed by atoms with Gasteiger partial charge in [-0.3, -0.25) is 5.10 Å². The van der Waals surface area contributed by atoms with E-state index in [1.54, 1.807) is 6.20 Å². The zero-order valence-corrected chi connectivity index (χ0v) is 12.2. The van der Waals surface area contributed by atoms with E-state index in [9.17, 15) is 17.2 Å². The Morgan fingerprint density at radius 3 is 2.48 bits per heavy atom. The number of aromatic amines is 1. The van der Waals surface area contributed by atoms with Gasteiger partial charge < -0.3 is 0 Å². The van der Waals surface area contributed by atoms with Crippen LogP contribution in [0.3, 0.4) is 0 Å². The molecule has 0 saturated carbocycles. The first kappa shape index (κ1) is 15.6. The van der Waals surface area contributed by atoms with Crippen LogP contribution in [0.1, 0.15) is 17.7 Å². The van der Waals surface area contributed by atoms with E-state index in [0.29, 0.717) is 18.9 Å². The summed E-state index contributed by atoms with van der Waals surface area (Å²) in [6.07, 6.45) is 2.89. The molecule has 0 unspecified atom stereocenters. The minimum atomic E-state index is -3.91. The summed E-state index contributed by atoms with van der Waals surface area (Å²) in [4.78, 5) is -0.417. The predicted octanol–water partition coefficient (Wildman–Crippen LogP) is 1.91. The third-order valence-corrected chi connectivity index (χ3v) is 4.44. The van der Waals surface area contributed by atoms with Gasteiger partial charge in [0, 0.05) is 18.3 Å².